The van der Waals surface area contributed by atoms with Crippen LogP contribution in [0.15, 0.2) is 29.2 Å². The molecule has 1 aromatic carbocycles. The maximum absolute atomic E-state index is 12.0. The molecule has 3 rings (SSSR count). The van der Waals surface area contributed by atoms with Crippen LogP contribution in [0.5, 0.6) is 0 Å². The lowest BCUT2D eigenvalue weighted by Crippen LogP contribution is -2.26. The van der Waals surface area contributed by atoms with Crippen LogP contribution in [0.3, 0.4) is 0 Å². The van der Waals surface area contributed by atoms with Gasteiger partial charge >= 0.3 is 0 Å². The van der Waals surface area contributed by atoms with Gasteiger partial charge in [0.2, 0.25) is 10.0 Å². The fraction of sp³-hybridized carbons (Fsp3) is 0.571. The van der Waals surface area contributed by atoms with Gasteiger partial charge in [-0.3, -0.25) is 0 Å². The summed E-state index contributed by atoms with van der Waals surface area (Å²) in [5.41, 5.74) is 1.01. The average Bonchev–Trinajstić information content (AvgIpc) is 3.24. The average molecular weight is 312 g/mol. The van der Waals surface area contributed by atoms with Gasteiger partial charge in [-0.25, -0.2) is 13.1 Å². The van der Waals surface area contributed by atoms with Crippen LogP contribution in [0.25, 0.3) is 0 Å². The highest BCUT2D eigenvalue weighted by atomic mass is 32.2. The van der Waals surface area contributed by atoms with Crippen LogP contribution < -0.4 is 10.0 Å². The monoisotopic (exact) mass is 312 g/mol. The van der Waals surface area contributed by atoms with E-state index in [4.69, 9.17) is 0 Å². The highest BCUT2D eigenvalue weighted by Gasteiger charge is 2.27. The van der Waals surface area contributed by atoms with Crippen molar-refractivity contribution in [1.82, 2.24) is 4.72 Å². The first-order valence-electron chi connectivity index (χ1n) is 7.10. The van der Waals surface area contributed by atoms with Gasteiger partial charge in [-0.1, -0.05) is 0 Å². The Kier molecular flexibility index (Phi) is 4.23. The van der Waals surface area contributed by atoms with Gasteiger partial charge in [-0.2, -0.15) is 11.8 Å². The van der Waals surface area contributed by atoms with Crippen LogP contribution in [-0.2, 0) is 10.0 Å². The van der Waals surface area contributed by atoms with E-state index in [2.05, 4.69) is 10.0 Å². The fourth-order valence-corrected chi connectivity index (χ4v) is 4.71. The number of rotatable bonds is 5. The van der Waals surface area contributed by atoms with Gasteiger partial charge < -0.3 is 5.32 Å². The molecule has 6 heteroatoms. The van der Waals surface area contributed by atoms with Crippen molar-refractivity contribution in [3.63, 3.8) is 0 Å². The van der Waals surface area contributed by atoms with E-state index < -0.39 is 10.0 Å². The van der Waals surface area contributed by atoms with Gasteiger partial charge in [0.1, 0.15) is 0 Å². The van der Waals surface area contributed by atoms with Crippen molar-refractivity contribution in [2.75, 3.05) is 16.8 Å². The molecule has 2 aliphatic rings. The van der Waals surface area contributed by atoms with Crippen molar-refractivity contribution in [2.24, 2.45) is 0 Å². The van der Waals surface area contributed by atoms with E-state index in [1.165, 1.54) is 24.3 Å². The molecule has 1 aromatic rings. The third-order valence-corrected chi connectivity index (χ3v) is 6.24. The van der Waals surface area contributed by atoms with E-state index in [0.29, 0.717) is 10.9 Å². The number of benzene rings is 1. The van der Waals surface area contributed by atoms with Crippen molar-refractivity contribution in [2.45, 2.75) is 42.7 Å². The van der Waals surface area contributed by atoms with E-state index in [1.807, 2.05) is 23.9 Å². The van der Waals surface area contributed by atoms with Crippen LogP contribution >= 0.6 is 11.8 Å². The molecule has 2 fully saturated rings. The number of anilines is 1. The van der Waals surface area contributed by atoms with Crippen LogP contribution in [-0.4, -0.2) is 32.0 Å². The molecule has 0 atom stereocenters. The molecule has 20 heavy (non-hydrogen) atoms. The zero-order valence-corrected chi connectivity index (χ0v) is 13.0. The molecular weight excluding hydrogens is 292 g/mol. The van der Waals surface area contributed by atoms with E-state index in [0.717, 1.165) is 18.5 Å². The van der Waals surface area contributed by atoms with Crippen LogP contribution in [0.2, 0.25) is 0 Å². The lowest BCUT2D eigenvalue weighted by atomic mass is 10.1. The summed E-state index contributed by atoms with van der Waals surface area (Å²) < 4.78 is 26.8. The second-order valence-corrected chi connectivity index (χ2v) is 8.39. The maximum Gasteiger partial charge on any atom is 0.240 e. The molecule has 0 amide bonds. The Labute approximate surface area is 124 Å². The minimum Gasteiger partial charge on any atom is -0.382 e. The Morgan fingerprint density at radius 1 is 0.950 bits per heavy atom. The molecule has 110 valence electrons. The largest absolute Gasteiger partial charge is 0.382 e. The molecule has 1 aliphatic heterocycles. The Hall–Kier alpha value is -0.720. The standard InChI is InChI=1S/C14H20N2O2S2/c17-20(18,16-13-1-2-13)14-5-3-11(4-6-14)15-12-7-9-19-10-8-12/h3-6,12-13,15-16H,1-2,7-10H2. The maximum atomic E-state index is 12.0. The van der Waals surface area contributed by atoms with Crippen molar-refractivity contribution >= 4 is 27.5 Å². The molecule has 0 bridgehead atoms. The Bertz CT molecular complexity index is 547. The van der Waals surface area contributed by atoms with Gasteiger partial charge in [0.25, 0.3) is 0 Å². The zero-order valence-electron chi connectivity index (χ0n) is 11.3. The van der Waals surface area contributed by atoms with E-state index >= 15 is 0 Å². The van der Waals surface area contributed by atoms with Gasteiger partial charge in [-0.15, -0.1) is 0 Å². The van der Waals surface area contributed by atoms with E-state index in [9.17, 15) is 8.42 Å². The summed E-state index contributed by atoms with van der Waals surface area (Å²) in [7, 11) is -3.33. The first-order chi connectivity index (χ1) is 9.63. The molecular formula is C14H20N2O2S2. The van der Waals surface area contributed by atoms with E-state index in [1.54, 1.807) is 12.1 Å². The number of hydrogen-bond acceptors (Lipinski definition) is 4. The fourth-order valence-electron chi connectivity index (χ4n) is 2.30. The van der Waals surface area contributed by atoms with Crippen molar-refractivity contribution in [3.8, 4) is 0 Å². The smallest absolute Gasteiger partial charge is 0.240 e. The first kappa shape index (κ1) is 14.2. The van der Waals surface area contributed by atoms with Gasteiger partial charge in [0.05, 0.1) is 4.90 Å². The lowest BCUT2D eigenvalue weighted by molar-refractivity contribution is 0.581. The Balaban J connectivity index is 1.64. The summed E-state index contributed by atoms with van der Waals surface area (Å²) in [6.07, 6.45) is 4.26. The Morgan fingerprint density at radius 3 is 2.20 bits per heavy atom. The number of thioether (sulfide) groups is 1. The molecule has 0 radical (unpaired) electrons. The Morgan fingerprint density at radius 2 is 1.60 bits per heavy atom. The highest BCUT2D eigenvalue weighted by molar-refractivity contribution is 7.99. The SMILES string of the molecule is O=S(=O)(NC1CC1)c1ccc(NC2CCSCC2)cc1. The summed E-state index contributed by atoms with van der Waals surface area (Å²) in [5, 5.41) is 3.48. The molecule has 1 heterocycles. The topological polar surface area (TPSA) is 58.2 Å². The summed E-state index contributed by atoms with van der Waals surface area (Å²) in [6.45, 7) is 0. The molecule has 1 saturated heterocycles. The normalized spacial score (nSPS) is 20.8. The quantitative estimate of drug-likeness (QED) is 0.877. The summed E-state index contributed by atoms with van der Waals surface area (Å²) in [5.74, 6) is 2.41. The highest BCUT2D eigenvalue weighted by Crippen LogP contribution is 2.24. The van der Waals surface area contributed by atoms with Crippen molar-refractivity contribution < 1.29 is 8.42 Å². The predicted octanol–water partition coefficient (Wildman–Crippen LogP) is 2.43. The molecule has 0 spiro atoms. The van der Waals surface area contributed by atoms with Gasteiger partial charge in [0.15, 0.2) is 0 Å². The lowest BCUT2D eigenvalue weighted by Gasteiger charge is -2.23. The second-order valence-electron chi connectivity index (χ2n) is 5.45. The zero-order chi connectivity index (χ0) is 14.0. The minimum absolute atomic E-state index is 0.151. The van der Waals surface area contributed by atoms with Crippen LogP contribution in [0.4, 0.5) is 5.69 Å². The molecule has 1 aliphatic carbocycles. The third-order valence-electron chi connectivity index (χ3n) is 3.66. The van der Waals surface area contributed by atoms with Crippen molar-refractivity contribution in [1.29, 1.82) is 0 Å². The summed E-state index contributed by atoms with van der Waals surface area (Å²) in [4.78, 5) is 0.356. The number of hydrogen-bond donors (Lipinski definition) is 2. The number of sulfonamides is 1. The first-order valence-corrected chi connectivity index (χ1v) is 9.74. The summed E-state index contributed by atoms with van der Waals surface area (Å²) in [6, 6.07) is 7.77. The molecule has 0 unspecified atom stereocenters. The van der Waals surface area contributed by atoms with E-state index in [-0.39, 0.29) is 6.04 Å². The van der Waals surface area contributed by atoms with Crippen molar-refractivity contribution in [3.05, 3.63) is 24.3 Å². The summed E-state index contributed by atoms with van der Waals surface area (Å²) >= 11 is 2.00. The van der Waals surface area contributed by atoms with Crippen LogP contribution in [0.1, 0.15) is 25.7 Å². The number of nitrogens with one attached hydrogen (secondary N) is 2. The van der Waals surface area contributed by atoms with Gasteiger partial charge in [0, 0.05) is 17.8 Å². The predicted molar refractivity (Wildman–Crippen MR) is 83.8 cm³/mol. The molecule has 2 N–H and O–H groups in total. The van der Waals surface area contributed by atoms with Crippen LogP contribution in [0, 0.1) is 0 Å². The second kappa shape index (κ2) is 5.95. The molecule has 1 saturated carbocycles. The third kappa shape index (κ3) is 3.68. The molecule has 4 nitrogen and oxygen atoms in total. The van der Waals surface area contributed by atoms with Gasteiger partial charge in [-0.05, 0) is 61.5 Å². The minimum atomic E-state index is -3.33. The molecule has 0 aromatic heterocycles.